The van der Waals surface area contributed by atoms with Crippen molar-refractivity contribution in [3.8, 4) is 0 Å². The van der Waals surface area contributed by atoms with Gasteiger partial charge in [-0.3, -0.25) is 0 Å². The lowest BCUT2D eigenvalue weighted by Gasteiger charge is -2.13. The number of imidazole rings is 1. The van der Waals surface area contributed by atoms with Gasteiger partial charge in [-0.15, -0.1) is 0 Å². The van der Waals surface area contributed by atoms with E-state index in [-0.39, 0.29) is 6.04 Å². The van der Waals surface area contributed by atoms with Crippen LogP contribution in [0.2, 0.25) is 0 Å². The van der Waals surface area contributed by atoms with Crippen LogP contribution in [0.3, 0.4) is 0 Å². The van der Waals surface area contributed by atoms with Gasteiger partial charge < -0.3 is 10.3 Å². The van der Waals surface area contributed by atoms with Crippen molar-refractivity contribution in [1.29, 1.82) is 0 Å². The normalized spacial score (nSPS) is 13.5. The Kier molecular flexibility index (Phi) is 3.20. The Balaban J connectivity index is 2.62. The van der Waals surface area contributed by atoms with Gasteiger partial charge in [-0.1, -0.05) is 19.9 Å². The number of benzene rings is 1. The Morgan fingerprint density at radius 1 is 1.29 bits per heavy atom. The van der Waals surface area contributed by atoms with Crippen molar-refractivity contribution in [2.24, 2.45) is 11.7 Å². The van der Waals surface area contributed by atoms with Crippen LogP contribution >= 0.6 is 0 Å². The summed E-state index contributed by atoms with van der Waals surface area (Å²) in [6, 6.07) is 6.37. The average molecular weight is 231 g/mol. The van der Waals surface area contributed by atoms with Crippen LogP contribution in [0.5, 0.6) is 0 Å². The van der Waals surface area contributed by atoms with E-state index in [1.54, 1.807) is 0 Å². The number of hydrogen-bond acceptors (Lipinski definition) is 2. The molecule has 2 aromatic rings. The molecule has 2 N–H and O–H groups in total. The molecule has 92 valence electrons. The SMILES string of the molecule is Cc1ccc2c(c1)nc(C(C)N)n2CC(C)C. The fourth-order valence-corrected chi connectivity index (χ4v) is 2.16. The standard InChI is InChI=1S/C14H21N3/c1-9(2)8-17-13-6-5-10(3)7-12(13)16-14(17)11(4)15/h5-7,9,11H,8,15H2,1-4H3. The zero-order valence-corrected chi connectivity index (χ0v) is 11.1. The number of nitrogens with zero attached hydrogens (tertiary/aromatic N) is 2. The summed E-state index contributed by atoms with van der Waals surface area (Å²) in [7, 11) is 0. The maximum absolute atomic E-state index is 6.01. The second-order valence-electron chi connectivity index (χ2n) is 5.26. The number of fused-ring (bicyclic) bond motifs is 1. The van der Waals surface area contributed by atoms with Crippen molar-refractivity contribution in [1.82, 2.24) is 9.55 Å². The van der Waals surface area contributed by atoms with Gasteiger partial charge in [0.1, 0.15) is 5.82 Å². The number of hydrogen-bond donors (Lipinski definition) is 1. The number of nitrogens with two attached hydrogens (primary N) is 1. The van der Waals surface area contributed by atoms with Crippen LogP contribution in [0.4, 0.5) is 0 Å². The predicted octanol–water partition coefficient (Wildman–Crippen LogP) is 3.02. The van der Waals surface area contributed by atoms with E-state index in [1.807, 2.05) is 6.92 Å². The molecule has 0 saturated carbocycles. The van der Waals surface area contributed by atoms with Crippen LogP contribution in [-0.4, -0.2) is 9.55 Å². The highest BCUT2D eigenvalue weighted by atomic mass is 15.1. The molecule has 0 saturated heterocycles. The summed E-state index contributed by atoms with van der Waals surface area (Å²) in [5.74, 6) is 1.57. The molecule has 1 atom stereocenters. The molecule has 1 unspecified atom stereocenters. The molecule has 0 bridgehead atoms. The van der Waals surface area contributed by atoms with E-state index in [0.29, 0.717) is 5.92 Å². The molecular weight excluding hydrogens is 210 g/mol. The third kappa shape index (κ3) is 2.34. The molecule has 17 heavy (non-hydrogen) atoms. The van der Waals surface area contributed by atoms with Gasteiger partial charge in [0.2, 0.25) is 0 Å². The van der Waals surface area contributed by atoms with E-state index >= 15 is 0 Å². The summed E-state index contributed by atoms with van der Waals surface area (Å²) in [6.07, 6.45) is 0. The average Bonchev–Trinajstić information content (AvgIpc) is 2.55. The van der Waals surface area contributed by atoms with Gasteiger partial charge in [-0.2, -0.15) is 0 Å². The van der Waals surface area contributed by atoms with Crippen molar-refractivity contribution in [3.05, 3.63) is 29.6 Å². The third-order valence-corrected chi connectivity index (χ3v) is 2.89. The molecule has 3 heteroatoms. The van der Waals surface area contributed by atoms with E-state index in [0.717, 1.165) is 17.9 Å². The van der Waals surface area contributed by atoms with Crippen molar-refractivity contribution in [3.63, 3.8) is 0 Å². The number of aryl methyl sites for hydroxylation is 1. The Labute approximate surface area is 103 Å². The molecule has 0 amide bonds. The van der Waals surface area contributed by atoms with Gasteiger partial charge >= 0.3 is 0 Å². The predicted molar refractivity (Wildman–Crippen MR) is 71.9 cm³/mol. The van der Waals surface area contributed by atoms with Crippen LogP contribution in [0.25, 0.3) is 11.0 Å². The second kappa shape index (κ2) is 4.49. The Morgan fingerprint density at radius 3 is 2.59 bits per heavy atom. The highest BCUT2D eigenvalue weighted by Crippen LogP contribution is 2.22. The maximum Gasteiger partial charge on any atom is 0.126 e. The van der Waals surface area contributed by atoms with Crippen LogP contribution in [0, 0.1) is 12.8 Å². The van der Waals surface area contributed by atoms with Crippen LogP contribution in [0.15, 0.2) is 18.2 Å². The fraction of sp³-hybridized carbons (Fsp3) is 0.500. The number of aromatic nitrogens is 2. The minimum Gasteiger partial charge on any atom is -0.326 e. The first-order valence-electron chi connectivity index (χ1n) is 6.21. The van der Waals surface area contributed by atoms with Gasteiger partial charge in [0, 0.05) is 6.54 Å². The van der Waals surface area contributed by atoms with E-state index in [9.17, 15) is 0 Å². The summed E-state index contributed by atoms with van der Waals surface area (Å²) in [5, 5.41) is 0. The molecule has 0 fully saturated rings. The minimum absolute atomic E-state index is 0.0264. The Morgan fingerprint density at radius 2 is 2.00 bits per heavy atom. The van der Waals surface area contributed by atoms with E-state index in [2.05, 4.69) is 48.5 Å². The smallest absolute Gasteiger partial charge is 0.126 e. The Bertz CT molecular complexity index is 523. The van der Waals surface area contributed by atoms with E-state index in [1.165, 1.54) is 11.1 Å². The first kappa shape index (κ1) is 12.1. The van der Waals surface area contributed by atoms with Crippen LogP contribution in [0.1, 0.15) is 38.2 Å². The summed E-state index contributed by atoms with van der Waals surface area (Å²) in [5.41, 5.74) is 9.49. The van der Waals surface area contributed by atoms with Crippen molar-refractivity contribution in [2.75, 3.05) is 0 Å². The monoisotopic (exact) mass is 231 g/mol. The molecule has 0 aliphatic heterocycles. The molecule has 1 heterocycles. The fourth-order valence-electron chi connectivity index (χ4n) is 2.16. The minimum atomic E-state index is -0.0264. The highest BCUT2D eigenvalue weighted by molar-refractivity contribution is 5.77. The summed E-state index contributed by atoms with van der Waals surface area (Å²) < 4.78 is 2.25. The van der Waals surface area contributed by atoms with Crippen molar-refractivity contribution < 1.29 is 0 Å². The lowest BCUT2D eigenvalue weighted by Crippen LogP contribution is -2.15. The first-order valence-corrected chi connectivity index (χ1v) is 6.21. The molecule has 0 aliphatic carbocycles. The summed E-state index contributed by atoms with van der Waals surface area (Å²) in [4.78, 5) is 4.66. The van der Waals surface area contributed by atoms with Gasteiger partial charge in [0.15, 0.2) is 0 Å². The van der Waals surface area contributed by atoms with Crippen LogP contribution < -0.4 is 5.73 Å². The Hall–Kier alpha value is -1.35. The maximum atomic E-state index is 6.01. The topological polar surface area (TPSA) is 43.8 Å². The van der Waals surface area contributed by atoms with E-state index < -0.39 is 0 Å². The van der Waals surface area contributed by atoms with Crippen molar-refractivity contribution >= 4 is 11.0 Å². The zero-order valence-electron chi connectivity index (χ0n) is 11.1. The molecule has 2 rings (SSSR count). The number of rotatable bonds is 3. The quantitative estimate of drug-likeness (QED) is 0.882. The molecule has 1 aromatic carbocycles. The van der Waals surface area contributed by atoms with E-state index in [4.69, 9.17) is 5.73 Å². The van der Waals surface area contributed by atoms with Gasteiger partial charge in [-0.25, -0.2) is 4.98 Å². The largest absolute Gasteiger partial charge is 0.326 e. The lowest BCUT2D eigenvalue weighted by molar-refractivity contribution is 0.505. The molecule has 0 aliphatic rings. The van der Waals surface area contributed by atoms with Gasteiger partial charge in [0.05, 0.1) is 17.1 Å². The second-order valence-corrected chi connectivity index (χ2v) is 5.26. The van der Waals surface area contributed by atoms with Gasteiger partial charge in [-0.05, 0) is 37.5 Å². The highest BCUT2D eigenvalue weighted by Gasteiger charge is 2.14. The van der Waals surface area contributed by atoms with Crippen molar-refractivity contribution in [2.45, 2.75) is 40.3 Å². The summed E-state index contributed by atoms with van der Waals surface area (Å²) in [6.45, 7) is 9.48. The lowest BCUT2D eigenvalue weighted by atomic mass is 10.2. The third-order valence-electron chi connectivity index (χ3n) is 2.89. The molecule has 0 radical (unpaired) electrons. The molecule has 3 nitrogen and oxygen atoms in total. The first-order chi connectivity index (χ1) is 7.99. The van der Waals surface area contributed by atoms with Crippen LogP contribution in [-0.2, 0) is 6.54 Å². The zero-order chi connectivity index (χ0) is 12.6. The van der Waals surface area contributed by atoms with Gasteiger partial charge in [0.25, 0.3) is 0 Å². The summed E-state index contributed by atoms with van der Waals surface area (Å²) >= 11 is 0. The molecule has 1 aromatic heterocycles. The molecule has 0 spiro atoms. The molecular formula is C14H21N3.